The highest BCUT2D eigenvalue weighted by Crippen LogP contribution is 2.04. The van der Waals surface area contributed by atoms with E-state index >= 15 is 0 Å². The van der Waals surface area contributed by atoms with Gasteiger partial charge in [0.15, 0.2) is 0 Å². The molecule has 0 heterocycles. The molecule has 0 saturated carbocycles. The second-order valence-corrected chi connectivity index (χ2v) is 9.66. The van der Waals surface area contributed by atoms with Crippen molar-refractivity contribution in [2.45, 2.75) is 90.2 Å². The molecule has 10 nitrogen and oxygen atoms in total. The molecule has 1 unspecified atom stereocenters. The van der Waals surface area contributed by atoms with Gasteiger partial charge in [0.05, 0.1) is 19.8 Å². The second kappa shape index (κ2) is 29.3. The lowest BCUT2D eigenvalue weighted by Crippen LogP contribution is -2.44. The number of amides is 2. The maximum Gasteiger partial charge on any atom is 0.330 e. The zero-order valence-electron chi connectivity index (χ0n) is 26.3. The van der Waals surface area contributed by atoms with Crippen LogP contribution in [0.15, 0.2) is 72.9 Å². The van der Waals surface area contributed by atoms with Gasteiger partial charge in [-0.1, -0.05) is 67.7 Å². The summed E-state index contributed by atoms with van der Waals surface area (Å²) in [6.45, 7) is 3.02. The Kier molecular flexibility index (Phi) is 26.8. The normalized spacial score (nSPS) is 12.8. The molecule has 1 atom stereocenters. The van der Waals surface area contributed by atoms with Gasteiger partial charge in [-0.05, 0) is 64.7 Å². The van der Waals surface area contributed by atoms with Crippen LogP contribution in [-0.4, -0.2) is 72.5 Å². The Hall–Kier alpha value is -3.76. The summed E-state index contributed by atoms with van der Waals surface area (Å²) in [5.74, 6) is -2.38. The van der Waals surface area contributed by atoms with Crippen LogP contribution in [0, 0.1) is 0 Å². The molecule has 2 amide bonds. The first-order valence-electron chi connectivity index (χ1n) is 15.5. The van der Waals surface area contributed by atoms with Crippen LogP contribution in [0.3, 0.4) is 0 Å². The number of esters is 2. The maximum atomic E-state index is 12.5. The Balaban J connectivity index is 4.29. The van der Waals surface area contributed by atoms with E-state index in [4.69, 9.17) is 9.47 Å². The van der Waals surface area contributed by atoms with Crippen LogP contribution in [-0.2, 0) is 28.7 Å². The zero-order chi connectivity index (χ0) is 32.7. The minimum absolute atomic E-state index is 0.112. The van der Waals surface area contributed by atoms with Crippen molar-refractivity contribution < 1.29 is 38.9 Å². The SMILES string of the molecule is CCC=CCC=CCC=CCC=CCC=CCCCC(=O)NCCCC(NC(=O)C=CC(=O)OCC)C(=O)OC(CO)CO. The number of carbonyl (C=O) groups excluding carboxylic acids is 4. The van der Waals surface area contributed by atoms with Crippen molar-refractivity contribution in [1.29, 1.82) is 0 Å². The van der Waals surface area contributed by atoms with Crippen molar-refractivity contribution in [2.75, 3.05) is 26.4 Å². The van der Waals surface area contributed by atoms with E-state index in [-0.39, 0.29) is 25.5 Å². The maximum absolute atomic E-state index is 12.5. The molecule has 0 aliphatic heterocycles. The third kappa shape index (κ3) is 24.8. The Labute approximate surface area is 262 Å². The van der Waals surface area contributed by atoms with Crippen LogP contribution in [0.25, 0.3) is 0 Å². The molecule has 246 valence electrons. The quantitative estimate of drug-likeness (QED) is 0.0513. The number of ether oxygens (including phenoxy) is 2. The number of hydrogen-bond acceptors (Lipinski definition) is 8. The molecule has 0 radical (unpaired) electrons. The van der Waals surface area contributed by atoms with Crippen molar-refractivity contribution in [2.24, 2.45) is 0 Å². The second-order valence-electron chi connectivity index (χ2n) is 9.66. The predicted molar refractivity (Wildman–Crippen MR) is 172 cm³/mol. The van der Waals surface area contributed by atoms with Crippen LogP contribution in [0.5, 0.6) is 0 Å². The number of hydrogen-bond donors (Lipinski definition) is 4. The van der Waals surface area contributed by atoms with Gasteiger partial charge in [-0.3, -0.25) is 9.59 Å². The van der Waals surface area contributed by atoms with E-state index < -0.39 is 43.2 Å². The minimum atomic E-state index is -1.13. The molecule has 4 N–H and O–H groups in total. The number of unbranched alkanes of at least 4 members (excludes halogenated alkanes) is 1. The minimum Gasteiger partial charge on any atom is -0.463 e. The summed E-state index contributed by atoms with van der Waals surface area (Å²) in [5, 5.41) is 23.6. The van der Waals surface area contributed by atoms with E-state index in [0.717, 1.165) is 50.7 Å². The summed E-state index contributed by atoms with van der Waals surface area (Å²) in [4.78, 5) is 48.2. The highest BCUT2D eigenvalue weighted by Gasteiger charge is 2.24. The van der Waals surface area contributed by atoms with E-state index in [0.29, 0.717) is 19.3 Å². The molecule has 0 fully saturated rings. The van der Waals surface area contributed by atoms with Gasteiger partial charge in [-0.25, -0.2) is 9.59 Å². The molecule has 44 heavy (non-hydrogen) atoms. The summed E-state index contributed by atoms with van der Waals surface area (Å²) in [6.07, 6.45) is 29.3. The molecular formula is C34H52N2O8. The first kappa shape index (κ1) is 40.2. The monoisotopic (exact) mass is 616 g/mol. The van der Waals surface area contributed by atoms with Crippen molar-refractivity contribution >= 4 is 23.8 Å². The van der Waals surface area contributed by atoms with Crippen molar-refractivity contribution in [3.05, 3.63) is 72.9 Å². The molecule has 0 saturated heterocycles. The molecule has 0 aliphatic carbocycles. The van der Waals surface area contributed by atoms with E-state index in [9.17, 15) is 29.4 Å². The topological polar surface area (TPSA) is 151 Å². The Morgan fingerprint density at radius 3 is 1.86 bits per heavy atom. The third-order valence-corrected chi connectivity index (χ3v) is 5.87. The Morgan fingerprint density at radius 2 is 1.32 bits per heavy atom. The first-order valence-corrected chi connectivity index (χ1v) is 15.5. The van der Waals surface area contributed by atoms with E-state index in [1.54, 1.807) is 6.92 Å². The number of aliphatic hydroxyl groups excluding tert-OH is 2. The molecule has 0 aromatic heterocycles. The third-order valence-electron chi connectivity index (χ3n) is 5.87. The number of nitrogens with one attached hydrogen (secondary N) is 2. The van der Waals surface area contributed by atoms with Gasteiger partial charge in [0, 0.05) is 25.1 Å². The fourth-order valence-corrected chi connectivity index (χ4v) is 3.55. The van der Waals surface area contributed by atoms with Gasteiger partial charge >= 0.3 is 11.9 Å². The highest BCUT2D eigenvalue weighted by molar-refractivity contribution is 5.96. The van der Waals surface area contributed by atoms with Gasteiger partial charge < -0.3 is 30.3 Å². The average Bonchev–Trinajstić information content (AvgIpc) is 3.01. The number of aliphatic hydroxyl groups is 2. The highest BCUT2D eigenvalue weighted by atomic mass is 16.6. The Morgan fingerprint density at radius 1 is 0.750 bits per heavy atom. The summed E-state index contributed by atoms with van der Waals surface area (Å²) < 4.78 is 9.73. The Bertz CT molecular complexity index is 978. The van der Waals surface area contributed by atoms with E-state index in [1.807, 2.05) is 0 Å². The van der Waals surface area contributed by atoms with Gasteiger partial charge in [0.2, 0.25) is 11.8 Å². The van der Waals surface area contributed by atoms with Gasteiger partial charge in [-0.15, -0.1) is 0 Å². The van der Waals surface area contributed by atoms with Gasteiger partial charge in [0.25, 0.3) is 0 Å². The molecule has 10 heteroatoms. The van der Waals surface area contributed by atoms with E-state index in [1.165, 1.54) is 0 Å². The van der Waals surface area contributed by atoms with Crippen molar-refractivity contribution in [3.8, 4) is 0 Å². The summed E-state index contributed by atoms with van der Waals surface area (Å²) in [7, 11) is 0. The lowest BCUT2D eigenvalue weighted by atomic mass is 10.1. The smallest absolute Gasteiger partial charge is 0.330 e. The molecule has 0 spiro atoms. The largest absolute Gasteiger partial charge is 0.463 e. The molecule has 0 aromatic carbocycles. The summed E-state index contributed by atoms with van der Waals surface area (Å²) in [5.41, 5.74) is 0. The average molecular weight is 617 g/mol. The number of allylic oxidation sites excluding steroid dienone is 10. The van der Waals surface area contributed by atoms with Crippen molar-refractivity contribution in [3.63, 3.8) is 0 Å². The molecule has 0 bridgehead atoms. The first-order chi connectivity index (χ1) is 21.4. The zero-order valence-corrected chi connectivity index (χ0v) is 26.3. The molecule has 0 rings (SSSR count). The van der Waals surface area contributed by atoms with E-state index in [2.05, 4.69) is 78.3 Å². The van der Waals surface area contributed by atoms with Crippen LogP contribution >= 0.6 is 0 Å². The number of rotatable bonds is 25. The predicted octanol–water partition coefficient (Wildman–Crippen LogP) is 4.31. The van der Waals surface area contributed by atoms with Crippen LogP contribution < -0.4 is 10.6 Å². The number of carbonyl (C=O) groups is 4. The van der Waals surface area contributed by atoms with Gasteiger partial charge in [-0.2, -0.15) is 0 Å². The summed E-state index contributed by atoms with van der Waals surface area (Å²) in [6, 6.07) is -1.11. The standard InChI is InChI=1S/C34H52N2O8/c1-3-5-6-7-8-9-10-11-12-13-14-15-16-17-18-19-20-23-31(39)35-26-21-22-30(34(42)44-29(27-37)28-38)36-32(40)24-25-33(41)43-4-2/h5-6,8-9,11-12,14-15,17-18,24-25,29-30,37-38H,3-4,7,10,13,16,19-23,26-28H2,1-2H3,(H,35,39)(H,36,40). The van der Waals surface area contributed by atoms with Crippen LogP contribution in [0.4, 0.5) is 0 Å². The fraction of sp³-hybridized carbons (Fsp3) is 0.529. The fourth-order valence-electron chi connectivity index (χ4n) is 3.55. The van der Waals surface area contributed by atoms with Crippen molar-refractivity contribution in [1.82, 2.24) is 10.6 Å². The lowest BCUT2D eigenvalue weighted by Gasteiger charge is -2.20. The van der Waals surface area contributed by atoms with Crippen LogP contribution in [0.1, 0.15) is 78.1 Å². The molecular weight excluding hydrogens is 564 g/mol. The molecule has 0 aliphatic rings. The van der Waals surface area contributed by atoms with Crippen LogP contribution in [0.2, 0.25) is 0 Å². The molecule has 0 aromatic rings. The lowest BCUT2D eigenvalue weighted by molar-refractivity contribution is -0.157. The van der Waals surface area contributed by atoms with Gasteiger partial charge in [0.1, 0.15) is 12.1 Å². The summed E-state index contributed by atoms with van der Waals surface area (Å²) >= 11 is 0.